The number of hydrogen-bond donors (Lipinski definition) is 1. The average Bonchev–Trinajstić information content (AvgIpc) is 3.08. The van der Waals surface area contributed by atoms with E-state index in [1.807, 2.05) is 17.0 Å². The minimum Gasteiger partial charge on any atom is -0.480 e. The molecule has 0 bridgehead atoms. The number of fused-ring (bicyclic) bond motifs is 7. The molecule has 3 heterocycles. The second kappa shape index (κ2) is 8.21. The second-order valence-corrected chi connectivity index (χ2v) is 10.5. The van der Waals surface area contributed by atoms with Crippen LogP contribution in [0.3, 0.4) is 0 Å². The number of carbonyl (C=O) groups is 1. The molecule has 1 aliphatic carbocycles. The largest absolute Gasteiger partial charge is 0.480 e. The molecule has 0 atom stereocenters. The Morgan fingerprint density at radius 1 is 1.12 bits per heavy atom. The van der Waals surface area contributed by atoms with Crippen LogP contribution in [0.1, 0.15) is 67.8 Å². The van der Waals surface area contributed by atoms with Crippen LogP contribution in [-0.2, 0) is 10.2 Å². The summed E-state index contributed by atoms with van der Waals surface area (Å²) in [5.74, 6) is 0.497. The third-order valence-electron chi connectivity index (χ3n) is 8.20. The lowest BCUT2D eigenvalue weighted by Crippen LogP contribution is -2.36. The minimum atomic E-state index is -0.766. The summed E-state index contributed by atoms with van der Waals surface area (Å²) in [5.41, 5.74) is 4.06. The summed E-state index contributed by atoms with van der Waals surface area (Å²) in [6, 6.07) is 12.5. The summed E-state index contributed by atoms with van der Waals surface area (Å²) in [4.78, 5) is 30.9. The van der Waals surface area contributed by atoms with Gasteiger partial charge in [0.05, 0.1) is 33.6 Å². The summed E-state index contributed by atoms with van der Waals surface area (Å²) in [7, 11) is 0. The number of halogens is 1. The van der Waals surface area contributed by atoms with Crippen molar-refractivity contribution in [3.63, 3.8) is 0 Å². The summed E-state index contributed by atoms with van der Waals surface area (Å²) in [5, 5.41) is 10.0. The van der Waals surface area contributed by atoms with Crippen LogP contribution in [0.2, 0.25) is 5.02 Å². The molecule has 1 spiro atoms. The lowest BCUT2D eigenvalue weighted by Gasteiger charge is -2.34. The van der Waals surface area contributed by atoms with Crippen molar-refractivity contribution < 1.29 is 9.90 Å². The molecule has 1 saturated heterocycles. The van der Waals surface area contributed by atoms with Gasteiger partial charge in [-0.25, -0.2) is 0 Å². The van der Waals surface area contributed by atoms with Gasteiger partial charge in [-0.15, -0.1) is 0 Å². The number of piperidine rings is 1. The standard InChI is InChI=1S/C27H28ClN3O3/c28-20-5-4-6-21-24(20)25(34)29-26-27(11-2-1-3-12-27)19-8-7-18(15-22(19)31(21)26)17-9-13-30(14-10-17)16-23(32)33/h4-8,15,17H,1-3,9-14,16H2,(H,32,33). The number of aromatic nitrogens is 2. The molecule has 0 radical (unpaired) electrons. The summed E-state index contributed by atoms with van der Waals surface area (Å²) >= 11 is 6.47. The van der Waals surface area contributed by atoms with Gasteiger partial charge in [-0.05, 0) is 74.0 Å². The fourth-order valence-electron chi connectivity index (χ4n) is 6.57. The molecule has 2 aromatic carbocycles. The van der Waals surface area contributed by atoms with Crippen LogP contribution in [0.15, 0.2) is 41.2 Å². The van der Waals surface area contributed by atoms with Gasteiger partial charge in [-0.3, -0.25) is 19.1 Å². The van der Waals surface area contributed by atoms with E-state index >= 15 is 0 Å². The van der Waals surface area contributed by atoms with Crippen molar-refractivity contribution in [3.8, 4) is 5.69 Å². The van der Waals surface area contributed by atoms with Crippen molar-refractivity contribution in [2.75, 3.05) is 19.6 Å². The smallest absolute Gasteiger partial charge is 0.317 e. The van der Waals surface area contributed by atoms with Crippen molar-refractivity contribution in [1.82, 2.24) is 14.5 Å². The van der Waals surface area contributed by atoms with E-state index < -0.39 is 5.97 Å². The Kier molecular flexibility index (Phi) is 5.26. The highest BCUT2D eigenvalue weighted by Gasteiger charge is 2.46. The molecule has 6 nitrogen and oxygen atoms in total. The van der Waals surface area contributed by atoms with Crippen LogP contribution in [0.25, 0.3) is 16.6 Å². The van der Waals surface area contributed by atoms with Crippen LogP contribution in [0, 0.1) is 0 Å². The number of carboxylic acids is 1. The molecular weight excluding hydrogens is 450 g/mol. The fourth-order valence-corrected chi connectivity index (χ4v) is 6.82. The molecular formula is C27H28ClN3O3. The van der Waals surface area contributed by atoms with E-state index in [0.29, 0.717) is 16.3 Å². The predicted octanol–water partition coefficient (Wildman–Crippen LogP) is 4.87. The van der Waals surface area contributed by atoms with Crippen LogP contribution in [0.4, 0.5) is 0 Å². The van der Waals surface area contributed by atoms with Gasteiger partial charge in [0, 0.05) is 0 Å². The lowest BCUT2D eigenvalue weighted by atomic mass is 9.69. The molecule has 0 unspecified atom stereocenters. The van der Waals surface area contributed by atoms with Gasteiger partial charge >= 0.3 is 5.97 Å². The van der Waals surface area contributed by atoms with Crippen molar-refractivity contribution in [1.29, 1.82) is 0 Å². The molecule has 2 fully saturated rings. The second-order valence-electron chi connectivity index (χ2n) is 10.1. The molecule has 3 aliphatic rings. The monoisotopic (exact) mass is 477 g/mol. The topological polar surface area (TPSA) is 75.4 Å². The third-order valence-corrected chi connectivity index (χ3v) is 8.51. The Bertz CT molecular complexity index is 1350. The van der Waals surface area contributed by atoms with Gasteiger partial charge in [-0.2, -0.15) is 4.98 Å². The normalized spacial score (nSPS) is 19.9. The van der Waals surface area contributed by atoms with Gasteiger partial charge in [0.2, 0.25) is 0 Å². The molecule has 6 rings (SSSR count). The molecule has 0 amide bonds. The van der Waals surface area contributed by atoms with Crippen molar-refractivity contribution in [3.05, 3.63) is 68.7 Å². The van der Waals surface area contributed by atoms with E-state index in [2.05, 4.69) is 27.8 Å². The first-order chi connectivity index (χ1) is 16.5. The number of aliphatic carboxylic acids is 1. The summed E-state index contributed by atoms with van der Waals surface area (Å²) < 4.78 is 2.20. The van der Waals surface area contributed by atoms with Crippen LogP contribution < -0.4 is 5.56 Å². The van der Waals surface area contributed by atoms with Gasteiger partial charge in [0.15, 0.2) is 0 Å². The first kappa shape index (κ1) is 21.8. The number of carboxylic acid groups (broad SMARTS) is 1. The van der Waals surface area contributed by atoms with Crippen LogP contribution >= 0.6 is 11.6 Å². The van der Waals surface area contributed by atoms with Gasteiger partial charge in [-0.1, -0.05) is 49.1 Å². The number of rotatable bonds is 3. The lowest BCUT2D eigenvalue weighted by molar-refractivity contribution is -0.138. The zero-order valence-electron chi connectivity index (χ0n) is 19.1. The Morgan fingerprint density at radius 2 is 1.88 bits per heavy atom. The predicted molar refractivity (Wildman–Crippen MR) is 132 cm³/mol. The first-order valence-corrected chi connectivity index (χ1v) is 12.7. The van der Waals surface area contributed by atoms with Gasteiger partial charge in [0.1, 0.15) is 5.82 Å². The number of nitrogens with zero attached hydrogens (tertiary/aromatic N) is 3. The quantitative estimate of drug-likeness (QED) is 0.582. The maximum Gasteiger partial charge on any atom is 0.317 e. The fraction of sp³-hybridized carbons (Fsp3) is 0.444. The zero-order chi connectivity index (χ0) is 23.4. The molecule has 1 saturated carbocycles. The van der Waals surface area contributed by atoms with Crippen molar-refractivity contribution in [2.24, 2.45) is 0 Å². The van der Waals surface area contributed by atoms with Crippen molar-refractivity contribution in [2.45, 2.75) is 56.3 Å². The van der Waals surface area contributed by atoms with E-state index in [1.165, 1.54) is 17.5 Å². The number of likely N-dealkylation sites (tertiary alicyclic amines) is 1. The Hall–Kier alpha value is -2.70. The van der Waals surface area contributed by atoms with E-state index in [4.69, 9.17) is 16.7 Å². The maximum absolute atomic E-state index is 13.1. The number of benzene rings is 2. The Labute approximate surface area is 203 Å². The first-order valence-electron chi connectivity index (χ1n) is 12.3. The molecule has 1 N–H and O–H groups in total. The molecule has 2 aliphatic heterocycles. The minimum absolute atomic E-state index is 0.110. The molecule has 3 aromatic rings. The van der Waals surface area contributed by atoms with E-state index in [1.54, 1.807) is 6.07 Å². The summed E-state index contributed by atoms with van der Waals surface area (Å²) in [6.07, 6.45) is 7.38. The van der Waals surface area contributed by atoms with E-state index in [9.17, 15) is 9.59 Å². The third kappa shape index (κ3) is 3.30. The van der Waals surface area contributed by atoms with Crippen molar-refractivity contribution >= 4 is 28.5 Å². The highest BCUT2D eigenvalue weighted by Crippen LogP contribution is 2.52. The van der Waals surface area contributed by atoms with Crippen LogP contribution in [-0.4, -0.2) is 45.2 Å². The zero-order valence-corrected chi connectivity index (χ0v) is 19.9. The molecule has 176 valence electrons. The Balaban J connectivity index is 1.48. The van der Waals surface area contributed by atoms with E-state index in [-0.39, 0.29) is 17.5 Å². The Morgan fingerprint density at radius 3 is 2.62 bits per heavy atom. The van der Waals surface area contributed by atoms with Gasteiger partial charge < -0.3 is 5.11 Å². The van der Waals surface area contributed by atoms with Crippen LogP contribution in [0.5, 0.6) is 0 Å². The van der Waals surface area contributed by atoms with Gasteiger partial charge in [0.25, 0.3) is 5.56 Å². The SMILES string of the molecule is O=C(O)CN1CCC(c2ccc3c(c2)-n2c(nc(=O)c4c(Cl)cccc42)C32CCCCC2)CC1. The summed E-state index contributed by atoms with van der Waals surface area (Å²) in [6.45, 7) is 1.70. The number of hydrogen-bond acceptors (Lipinski definition) is 4. The highest BCUT2D eigenvalue weighted by molar-refractivity contribution is 6.35. The highest BCUT2D eigenvalue weighted by atomic mass is 35.5. The molecule has 34 heavy (non-hydrogen) atoms. The van der Waals surface area contributed by atoms with E-state index in [0.717, 1.165) is 68.6 Å². The average molecular weight is 478 g/mol. The molecule has 7 heteroatoms. The molecule has 1 aromatic heterocycles. The maximum atomic E-state index is 13.1.